The Labute approximate surface area is 123 Å². The van der Waals surface area contributed by atoms with E-state index in [1.807, 2.05) is 6.92 Å². The molecule has 2 heterocycles. The normalized spacial score (nSPS) is 21.0. The van der Waals surface area contributed by atoms with E-state index >= 15 is 0 Å². The molecule has 0 saturated carbocycles. The summed E-state index contributed by atoms with van der Waals surface area (Å²) in [7, 11) is -3.05. The van der Waals surface area contributed by atoms with Crippen molar-refractivity contribution in [3.63, 3.8) is 0 Å². The van der Waals surface area contributed by atoms with Crippen molar-refractivity contribution in [2.75, 3.05) is 18.1 Å². The Hall–Kier alpha value is -1.48. The van der Waals surface area contributed by atoms with Crippen LogP contribution >= 0.6 is 0 Å². The van der Waals surface area contributed by atoms with Gasteiger partial charge in [-0.15, -0.1) is 0 Å². The monoisotopic (exact) mass is 316 g/mol. The minimum absolute atomic E-state index is 0.0161. The van der Waals surface area contributed by atoms with Crippen molar-refractivity contribution >= 4 is 15.8 Å². The average molecular weight is 316 g/mol. The standard InChI is InChI=1S/C12H20N4O4S/c1-2-4-16-11(13-9-14-16)6-15(7-12(17)18)10-3-5-21(19,20)8-10/h9-10H,2-8H2,1H3,(H,17,18). The van der Waals surface area contributed by atoms with Crippen LogP contribution in [-0.2, 0) is 27.7 Å². The zero-order valence-corrected chi connectivity index (χ0v) is 12.8. The van der Waals surface area contributed by atoms with Gasteiger partial charge < -0.3 is 5.11 Å². The predicted molar refractivity (Wildman–Crippen MR) is 75.4 cm³/mol. The molecule has 1 unspecified atom stereocenters. The number of hydrogen-bond donors (Lipinski definition) is 1. The summed E-state index contributed by atoms with van der Waals surface area (Å²) in [5.74, 6) is -0.166. The summed E-state index contributed by atoms with van der Waals surface area (Å²) in [6.45, 7) is 2.83. The second-order valence-electron chi connectivity index (χ2n) is 5.25. The van der Waals surface area contributed by atoms with E-state index < -0.39 is 15.8 Å². The van der Waals surface area contributed by atoms with Crippen LogP contribution in [0.4, 0.5) is 0 Å². The van der Waals surface area contributed by atoms with Gasteiger partial charge in [0.1, 0.15) is 12.2 Å². The van der Waals surface area contributed by atoms with Gasteiger partial charge >= 0.3 is 5.97 Å². The van der Waals surface area contributed by atoms with E-state index in [9.17, 15) is 13.2 Å². The third-order valence-corrected chi connectivity index (χ3v) is 5.29. The maximum absolute atomic E-state index is 11.6. The fraction of sp³-hybridized carbons (Fsp3) is 0.750. The summed E-state index contributed by atoms with van der Waals surface area (Å²) in [4.78, 5) is 16.9. The summed E-state index contributed by atoms with van der Waals surface area (Å²) >= 11 is 0. The zero-order valence-electron chi connectivity index (χ0n) is 12.0. The lowest BCUT2D eigenvalue weighted by atomic mass is 10.2. The lowest BCUT2D eigenvalue weighted by Gasteiger charge is -2.25. The summed E-state index contributed by atoms with van der Waals surface area (Å²) < 4.78 is 24.9. The van der Waals surface area contributed by atoms with Gasteiger partial charge in [0.2, 0.25) is 0 Å². The number of hydrogen-bond acceptors (Lipinski definition) is 6. The Morgan fingerprint density at radius 1 is 1.57 bits per heavy atom. The number of sulfone groups is 1. The fourth-order valence-corrected chi connectivity index (χ4v) is 4.30. The quantitative estimate of drug-likeness (QED) is 0.740. The van der Waals surface area contributed by atoms with Gasteiger partial charge in [-0.25, -0.2) is 18.1 Å². The van der Waals surface area contributed by atoms with Gasteiger partial charge in [-0.1, -0.05) is 6.92 Å². The molecule has 1 N–H and O–H groups in total. The Morgan fingerprint density at radius 3 is 2.90 bits per heavy atom. The van der Waals surface area contributed by atoms with Crippen molar-refractivity contribution in [1.29, 1.82) is 0 Å². The number of carboxylic acids is 1. The molecule has 0 amide bonds. The van der Waals surface area contributed by atoms with Gasteiger partial charge in [-0.05, 0) is 12.8 Å². The smallest absolute Gasteiger partial charge is 0.317 e. The first-order valence-electron chi connectivity index (χ1n) is 6.94. The number of aliphatic carboxylic acids is 1. The molecule has 0 aliphatic carbocycles. The lowest BCUT2D eigenvalue weighted by Crippen LogP contribution is -2.40. The molecule has 1 saturated heterocycles. The Balaban J connectivity index is 2.13. The number of rotatable bonds is 7. The third kappa shape index (κ3) is 4.24. The first-order valence-corrected chi connectivity index (χ1v) is 8.76. The maximum Gasteiger partial charge on any atom is 0.317 e. The summed E-state index contributed by atoms with van der Waals surface area (Å²) in [6, 6.07) is -0.266. The van der Waals surface area contributed by atoms with Crippen LogP contribution in [0.5, 0.6) is 0 Å². The van der Waals surface area contributed by atoms with Crippen LogP contribution in [0.3, 0.4) is 0 Å². The SMILES string of the molecule is CCCn1ncnc1CN(CC(=O)O)C1CCS(=O)(=O)C1. The van der Waals surface area contributed by atoms with E-state index in [1.165, 1.54) is 6.33 Å². The second kappa shape index (κ2) is 6.52. The predicted octanol–water partition coefficient (Wildman–Crippen LogP) is -0.238. The van der Waals surface area contributed by atoms with E-state index in [1.54, 1.807) is 9.58 Å². The number of carbonyl (C=O) groups is 1. The Bertz CT molecular complexity index is 598. The van der Waals surface area contributed by atoms with E-state index in [0.29, 0.717) is 25.3 Å². The highest BCUT2D eigenvalue weighted by atomic mass is 32.2. The highest BCUT2D eigenvalue weighted by Crippen LogP contribution is 2.19. The summed E-state index contributed by atoms with van der Waals surface area (Å²) in [5.41, 5.74) is 0. The lowest BCUT2D eigenvalue weighted by molar-refractivity contribution is -0.139. The van der Waals surface area contributed by atoms with Crippen LogP contribution in [0.25, 0.3) is 0 Å². The molecule has 0 aromatic carbocycles. The van der Waals surface area contributed by atoms with E-state index in [4.69, 9.17) is 5.11 Å². The maximum atomic E-state index is 11.6. The molecule has 1 aromatic rings. The topological polar surface area (TPSA) is 105 Å². The van der Waals surface area contributed by atoms with Crippen molar-refractivity contribution in [3.05, 3.63) is 12.2 Å². The van der Waals surface area contributed by atoms with Gasteiger partial charge in [0.25, 0.3) is 0 Å². The van der Waals surface area contributed by atoms with Crippen LogP contribution in [-0.4, -0.2) is 63.3 Å². The molecule has 0 bridgehead atoms. The van der Waals surface area contributed by atoms with Crippen molar-refractivity contribution in [2.45, 2.75) is 38.9 Å². The second-order valence-corrected chi connectivity index (χ2v) is 7.48. The van der Waals surface area contributed by atoms with Crippen LogP contribution in [0, 0.1) is 0 Å². The van der Waals surface area contributed by atoms with E-state index in [0.717, 1.165) is 6.42 Å². The number of aryl methyl sites for hydroxylation is 1. The number of nitrogens with zero attached hydrogens (tertiary/aromatic N) is 4. The van der Waals surface area contributed by atoms with Gasteiger partial charge in [-0.3, -0.25) is 9.69 Å². The average Bonchev–Trinajstić information content (AvgIpc) is 2.95. The molecule has 0 spiro atoms. The minimum Gasteiger partial charge on any atom is -0.480 e. The van der Waals surface area contributed by atoms with Gasteiger partial charge in [0.15, 0.2) is 9.84 Å². The molecule has 1 fully saturated rings. The summed E-state index contributed by atoms with van der Waals surface area (Å²) in [6.07, 6.45) is 2.81. The highest BCUT2D eigenvalue weighted by Gasteiger charge is 2.33. The molecule has 8 nitrogen and oxygen atoms in total. The molecule has 0 radical (unpaired) electrons. The van der Waals surface area contributed by atoms with Crippen molar-refractivity contribution in [1.82, 2.24) is 19.7 Å². The largest absolute Gasteiger partial charge is 0.480 e. The first kappa shape index (κ1) is 15.9. The summed E-state index contributed by atoms with van der Waals surface area (Å²) in [5, 5.41) is 13.1. The molecule has 118 valence electrons. The third-order valence-electron chi connectivity index (χ3n) is 3.54. The van der Waals surface area contributed by atoms with Gasteiger partial charge in [-0.2, -0.15) is 5.10 Å². The first-order chi connectivity index (χ1) is 9.91. The Morgan fingerprint density at radius 2 is 2.33 bits per heavy atom. The molecule has 2 rings (SSSR count). The van der Waals surface area contributed by atoms with Crippen molar-refractivity contribution < 1.29 is 18.3 Å². The van der Waals surface area contributed by atoms with Crippen LogP contribution in [0.1, 0.15) is 25.6 Å². The molecule has 1 aliphatic heterocycles. The molecular weight excluding hydrogens is 296 g/mol. The molecule has 21 heavy (non-hydrogen) atoms. The number of aromatic nitrogens is 3. The fourth-order valence-electron chi connectivity index (χ4n) is 2.54. The van der Waals surface area contributed by atoms with E-state index in [2.05, 4.69) is 10.1 Å². The van der Waals surface area contributed by atoms with Crippen LogP contribution < -0.4 is 0 Å². The number of carboxylic acid groups (broad SMARTS) is 1. The molecular formula is C12H20N4O4S. The molecule has 1 aromatic heterocycles. The van der Waals surface area contributed by atoms with Crippen LogP contribution in [0.2, 0.25) is 0 Å². The van der Waals surface area contributed by atoms with Crippen molar-refractivity contribution in [3.8, 4) is 0 Å². The van der Waals surface area contributed by atoms with Crippen molar-refractivity contribution in [2.24, 2.45) is 0 Å². The zero-order chi connectivity index (χ0) is 15.5. The molecule has 1 atom stereocenters. The minimum atomic E-state index is -3.05. The van der Waals surface area contributed by atoms with Gasteiger partial charge in [0.05, 0.1) is 24.6 Å². The van der Waals surface area contributed by atoms with Crippen LogP contribution in [0.15, 0.2) is 6.33 Å². The molecule has 9 heteroatoms. The van der Waals surface area contributed by atoms with Gasteiger partial charge in [0, 0.05) is 12.6 Å². The molecule has 1 aliphatic rings. The highest BCUT2D eigenvalue weighted by molar-refractivity contribution is 7.91. The van der Waals surface area contributed by atoms with E-state index in [-0.39, 0.29) is 24.1 Å². The Kier molecular flexibility index (Phi) is 4.94.